The molecule has 0 bridgehead atoms. The summed E-state index contributed by atoms with van der Waals surface area (Å²) < 4.78 is 66.6. The van der Waals surface area contributed by atoms with Crippen molar-refractivity contribution in [2.75, 3.05) is 30.3 Å². The topological polar surface area (TPSA) is 110 Å². The molecule has 0 radical (unpaired) electrons. The van der Waals surface area contributed by atoms with Crippen LogP contribution in [0, 0.1) is 10.1 Å². The second-order valence-electron chi connectivity index (χ2n) is 6.83. The summed E-state index contributed by atoms with van der Waals surface area (Å²) in [4.78, 5) is 16.8. The standard InChI is InChI=1S/C16H18F3N5O4S2/c1-11-9-22(30(27,28)10-16(17,18)19)6-7-23(11)15-20-14(21-29-15)8-12-4-2-3-5-13(12)24(25)26/h2-5,11H,6-10H2,1H3. The molecule has 164 valence electrons. The lowest BCUT2D eigenvalue weighted by molar-refractivity contribution is -0.385. The first-order valence-electron chi connectivity index (χ1n) is 8.82. The highest BCUT2D eigenvalue weighted by atomic mass is 32.2. The fourth-order valence-electron chi connectivity index (χ4n) is 3.20. The Kier molecular flexibility index (Phi) is 6.29. The number of sulfonamides is 1. The van der Waals surface area contributed by atoms with Crippen LogP contribution in [0.4, 0.5) is 24.0 Å². The number of nitro groups is 1. The third kappa shape index (κ3) is 5.23. The number of anilines is 1. The molecule has 1 aliphatic rings. The molecule has 3 rings (SSSR count). The van der Waals surface area contributed by atoms with Crippen molar-refractivity contribution in [3.63, 3.8) is 0 Å². The molecule has 1 atom stereocenters. The van der Waals surface area contributed by atoms with E-state index < -0.39 is 32.9 Å². The maximum Gasteiger partial charge on any atom is 0.404 e. The second kappa shape index (κ2) is 8.43. The summed E-state index contributed by atoms with van der Waals surface area (Å²) in [5, 5.41) is 11.6. The second-order valence-corrected chi connectivity index (χ2v) is 9.53. The maximum atomic E-state index is 12.5. The van der Waals surface area contributed by atoms with E-state index >= 15 is 0 Å². The van der Waals surface area contributed by atoms with E-state index in [0.717, 1.165) is 15.8 Å². The van der Waals surface area contributed by atoms with E-state index in [1.54, 1.807) is 30.0 Å². The molecule has 0 aliphatic carbocycles. The lowest BCUT2D eigenvalue weighted by Crippen LogP contribution is -2.55. The Balaban J connectivity index is 1.69. The fraction of sp³-hybridized carbons (Fsp3) is 0.500. The van der Waals surface area contributed by atoms with Gasteiger partial charge in [0.25, 0.3) is 5.69 Å². The van der Waals surface area contributed by atoms with Gasteiger partial charge >= 0.3 is 6.18 Å². The van der Waals surface area contributed by atoms with Crippen molar-refractivity contribution >= 4 is 32.4 Å². The Labute approximate surface area is 174 Å². The number of para-hydroxylation sites is 1. The summed E-state index contributed by atoms with van der Waals surface area (Å²) in [6.45, 7) is 1.66. The van der Waals surface area contributed by atoms with Crippen LogP contribution in [-0.2, 0) is 16.4 Å². The molecular weight excluding hydrogens is 447 g/mol. The van der Waals surface area contributed by atoms with Crippen molar-refractivity contribution in [2.45, 2.75) is 25.6 Å². The SMILES string of the molecule is CC1CN(S(=O)(=O)CC(F)(F)F)CCN1c1nc(Cc2ccccc2[N+](=O)[O-])ns1. The molecule has 1 fully saturated rings. The van der Waals surface area contributed by atoms with Crippen LogP contribution in [-0.4, -0.2) is 64.6 Å². The summed E-state index contributed by atoms with van der Waals surface area (Å²) in [6.07, 6.45) is -4.64. The quantitative estimate of drug-likeness (QED) is 0.476. The fourth-order valence-corrected chi connectivity index (χ4v) is 5.41. The lowest BCUT2D eigenvalue weighted by atomic mass is 10.1. The van der Waals surface area contributed by atoms with Gasteiger partial charge in [0, 0.05) is 55.3 Å². The molecule has 30 heavy (non-hydrogen) atoms. The zero-order chi connectivity index (χ0) is 22.1. The van der Waals surface area contributed by atoms with Gasteiger partial charge in [0.1, 0.15) is 5.82 Å². The van der Waals surface area contributed by atoms with Gasteiger partial charge in [0.15, 0.2) is 5.75 Å². The Morgan fingerprint density at radius 2 is 2.00 bits per heavy atom. The normalized spacial score (nSPS) is 18.5. The molecule has 1 saturated heterocycles. The molecule has 14 heteroatoms. The van der Waals surface area contributed by atoms with Crippen molar-refractivity contribution in [2.24, 2.45) is 0 Å². The van der Waals surface area contributed by atoms with Crippen molar-refractivity contribution in [1.82, 2.24) is 13.7 Å². The molecule has 2 heterocycles. The summed E-state index contributed by atoms with van der Waals surface area (Å²) in [6, 6.07) is 5.85. The van der Waals surface area contributed by atoms with E-state index in [0.29, 0.717) is 16.5 Å². The van der Waals surface area contributed by atoms with Crippen LogP contribution in [0.1, 0.15) is 18.3 Å². The number of rotatable bonds is 6. The van der Waals surface area contributed by atoms with E-state index in [-0.39, 0.29) is 31.7 Å². The number of nitrogens with zero attached hydrogens (tertiary/aromatic N) is 5. The number of hydrogen-bond acceptors (Lipinski definition) is 8. The minimum atomic E-state index is -4.80. The molecule has 0 amide bonds. The third-order valence-corrected chi connectivity index (χ3v) is 7.17. The third-order valence-electron chi connectivity index (χ3n) is 4.57. The van der Waals surface area contributed by atoms with Crippen molar-refractivity contribution in [3.8, 4) is 0 Å². The Hall–Kier alpha value is -2.32. The highest BCUT2D eigenvalue weighted by Gasteiger charge is 2.40. The zero-order valence-corrected chi connectivity index (χ0v) is 17.4. The Morgan fingerprint density at radius 1 is 1.30 bits per heavy atom. The molecule has 0 saturated carbocycles. The van der Waals surface area contributed by atoms with Gasteiger partial charge in [-0.2, -0.15) is 21.9 Å². The van der Waals surface area contributed by atoms with E-state index in [2.05, 4.69) is 9.36 Å². The van der Waals surface area contributed by atoms with Crippen molar-refractivity contribution in [3.05, 3.63) is 45.8 Å². The summed E-state index contributed by atoms with van der Waals surface area (Å²) in [5.74, 6) is -1.51. The number of hydrogen-bond donors (Lipinski definition) is 0. The Morgan fingerprint density at radius 3 is 2.63 bits per heavy atom. The van der Waals surface area contributed by atoms with Crippen LogP contribution in [0.2, 0.25) is 0 Å². The van der Waals surface area contributed by atoms with Gasteiger partial charge in [-0.1, -0.05) is 18.2 Å². The number of benzene rings is 1. The monoisotopic (exact) mass is 465 g/mol. The number of halogens is 3. The first-order valence-corrected chi connectivity index (χ1v) is 11.2. The summed E-state index contributed by atoms with van der Waals surface area (Å²) in [5.41, 5.74) is 0.425. The lowest BCUT2D eigenvalue weighted by Gasteiger charge is -2.38. The van der Waals surface area contributed by atoms with Gasteiger partial charge in [-0.25, -0.2) is 13.4 Å². The largest absolute Gasteiger partial charge is 0.404 e. The average Bonchev–Trinajstić information content (AvgIpc) is 3.08. The number of aromatic nitrogens is 2. The Bertz CT molecular complexity index is 1030. The molecule has 9 nitrogen and oxygen atoms in total. The summed E-state index contributed by atoms with van der Waals surface area (Å²) in [7, 11) is -4.44. The first kappa shape index (κ1) is 22.4. The molecule has 1 aromatic heterocycles. The predicted molar refractivity (Wildman–Crippen MR) is 104 cm³/mol. The van der Waals surface area contributed by atoms with Crippen LogP contribution in [0.25, 0.3) is 0 Å². The van der Waals surface area contributed by atoms with E-state index in [9.17, 15) is 31.7 Å². The van der Waals surface area contributed by atoms with Gasteiger partial charge in [0.2, 0.25) is 15.2 Å². The van der Waals surface area contributed by atoms with Crippen molar-refractivity contribution in [1.29, 1.82) is 0 Å². The van der Waals surface area contributed by atoms with Crippen LogP contribution in [0.15, 0.2) is 24.3 Å². The zero-order valence-electron chi connectivity index (χ0n) is 15.7. The molecule has 1 aliphatic heterocycles. The minimum Gasteiger partial charge on any atom is -0.342 e. The van der Waals surface area contributed by atoms with Gasteiger partial charge in [-0.05, 0) is 6.92 Å². The van der Waals surface area contributed by atoms with Gasteiger partial charge in [0.05, 0.1) is 4.92 Å². The molecular formula is C16H18F3N5O4S2. The number of nitro benzene ring substituents is 1. The molecule has 1 unspecified atom stereocenters. The van der Waals surface area contributed by atoms with E-state index in [1.165, 1.54) is 6.07 Å². The van der Waals surface area contributed by atoms with E-state index in [4.69, 9.17) is 0 Å². The van der Waals surface area contributed by atoms with Crippen molar-refractivity contribution < 1.29 is 26.5 Å². The summed E-state index contributed by atoms with van der Waals surface area (Å²) >= 11 is 1.06. The van der Waals surface area contributed by atoms with Gasteiger partial charge in [-0.15, -0.1) is 0 Å². The van der Waals surface area contributed by atoms with Crippen LogP contribution in [0.3, 0.4) is 0 Å². The number of alkyl halides is 3. The average molecular weight is 465 g/mol. The first-order chi connectivity index (χ1) is 14.0. The maximum absolute atomic E-state index is 12.5. The minimum absolute atomic E-state index is 0.0364. The van der Waals surface area contributed by atoms with Gasteiger partial charge < -0.3 is 4.90 Å². The predicted octanol–water partition coefficient (Wildman–Crippen LogP) is 2.44. The molecule has 1 aromatic carbocycles. The van der Waals surface area contributed by atoms with E-state index in [1.807, 2.05) is 0 Å². The van der Waals surface area contributed by atoms with Crippen LogP contribution < -0.4 is 4.90 Å². The highest BCUT2D eigenvalue weighted by molar-refractivity contribution is 7.89. The van der Waals surface area contributed by atoms with Crippen LogP contribution in [0.5, 0.6) is 0 Å². The molecule has 0 N–H and O–H groups in total. The van der Waals surface area contributed by atoms with Gasteiger partial charge in [-0.3, -0.25) is 10.1 Å². The highest BCUT2D eigenvalue weighted by Crippen LogP contribution is 2.27. The smallest absolute Gasteiger partial charge is 0.342 e. The molecule has 0 spiro atoms. The number of piperazine rings is 1. The molecule has 2 aromatic rings. The van der Waals surface area contributed by atoms with Crippen LogP contribution >= 0.6 is 11.5 Å².